The van der Waals surface area contributed by atoms with Crippen molar-refractivity contribution in [1.82, 2.24) is 24.9 Å². The SMILES string of the molecule is c1ccc(-c2nc(-c3ccccc3)nc(-c3ccc(-c4cccc5oc6c(-c7ccccc7)nc(-c7ccccc7)nc6c45)cc3)n2)cc1. The molecule has 0 spiro atoms. The average molecular weight is 630 g/mol. The van der Waals surface area contributed by atoms with E-state index >= 15 is 0 Å². The molecule has 0 N–H and O–H groups in total. The van der Waals surface area contributed by atoms with E-state index in [1.807, 2.05) is 121 Å². The van der Waals surface area contributed by atoms with Crippen LogP contribution in [0.3, 0.4) is 0 Å². The molecule has 9 rings (SSSR count). The second-order valence-corrected chi connectivity index (χ2v) is 11.7. The zero-order chi connectivity index (χ0) is 32.6. The molecule has 230 valence electrons. The van der Waals surface area contributed by atoms with E-state index in [1.165, 1.54) is 0 Å². The lowest BCUT2D eigenvalue weighted by Gasteiger charge is -2.09. The molecule has 0 fully saturated rings. The summed E-state index contributed by atoms with van der Waals surface area (Å²) in [4.78, 5) is 24.8. The third-order valence-corrected chi connectivity index (χ3v) is 8.57. The Balaban J connectivity index is 1.19. The molecule has 0 unspecified atom stereocenters. The van der Waals surface area contributed by atoms with Gasteiger partial charge in [0.05, 0.1) is 5.39 Å². The van der Waals surface area contributed by atoms with Crippen molar-refractivity contribution >= 4 is 22.1 Å². The van der Waals surface area contributed by atoms with Crippen molar-refractivity contribution < 1.29 is 4.42 Å². The Morgan fingerprint density at radius 1 is 0.327 bits per heavy atom. The summed E-state index contributed by atoms with van der Waals surface area (Å²) in [5.41, 5.74) is 9.69. The lowest BCUT2D eigenvalue weighted by molar-refractivity contribution is 0.667. The molecule has 0 aliphatic rings. The Morgan fingerprint density at radius 2 is 0.755 bits per heavy atom. The highest BCUT2D eigenvalue weighted by atomic mass is 16.3. The molecule has 0 amide bonds. The van der Waals surface area contributed by atoms with Crippen LogP contribution in [-0.2, 0) is 0 Å². The van der Waals surface area contributed by atoms with Crippen LogP contribution in [0.15, 0.2) is 168 Å². The number of fused-ring (bicyclic) bond motifs is 3. The normalized spacial score (nSPS) is 11.3. The molecular formula is C43H27N5O. The summed E-state index contributed by atoms with van der Waals surface area (Å²) in [5, 5.41) is 0.944. The van der Waals surface area contributed by atoms with E-state index in [0.29, 0.717) is 28.9 Å². The number of nitrogens with zero attached hydrogens (tertiary/aromatic N) is 5. The van der Waals surface area contributed by atoms with Crippen molar-refractivity contribution in [3.8, 4) is 67.9 Å². The fourth-order valence-corrected chi connectivity index (χ4v) is 6.17. The summed E-state index contributed by atoms with van der Waals surface area (Å²) >= 11 is 0. The first kappa shape index (κ1) is 28.4. The van der Waals surface area contributed by atoms with E-state index in [9.17, 15) is 0 Å². The fourth-order valence-electron chi connectivity index (χ4n) is 6.17. The Kier molecular flexibility index (Phi) is 7.02. The van der Waals surface area contributed by atoms with Gasteiger partial charge in [-0.05, 0) is 17.2 Å². The Labute approximate surface area is 282 Å². The molecule has 0 aliphatic heterocycles. The molecule has 6 nitrogen and oxygen atoms in total. The number of aromatic nitrogens is 5. The molecule has 49 heavy (non-hydrogen) atoms. The molecule has 9 aromatic rings. The summed E-state index contributed by atoms with van der Waals surface area (Å²) in [6.07, 6.45) is 0. The van der Waals surface area contributed by atoms with E-state index in [4.69, 9.17) is 29.3 Å². The van der Waals surface area contributed by atoms with Crippen LogP contribution in [0, 0.1) is 0 Å². The van der Waals surface area contributed by atoms with Crippen molar-refractivity contribution in [3.63, 3.8) is 0 Å². The van der Waals surface area contributed by atoms with E-state index < -0.39 is 0 Å². The van der Waals surface area contributed by atoms with Crippen LogP contribution in [0.1, 0.15) is 0 Å². The minimum absolute atomic E-state index is 0.610. The molecule has 0 bridgehead atoms. The van der Waals surface area contributed by atoms with Gasteiger partial charge in [-0.3, -0.25) is 0 Å². The second kappa shape index (κ2) is 12.1. The highest BCUT2D eigenvalue weighted by Gasteiger charge is 2.21. The van der Waals surface area contributed by atoms with E-state index in [1.54, 1.807) is 0 Å². The number of benzene rings is 6. The van der Waals surface area contributed by atoms with E-state index in [2.05, 4.69) is 42.5 Å². The van der Waals surface area contributed by atoms with Gasteiger partial charge in [0.15, 0.2) is 28.9 Å². The standard InChI is InChI=1S/C43H27N5O/c1-5-14-29(15-6-1)37-39-38(45-40(44-37)30-16-7-2-8-17-30)36-34(22-13-23-35(36)49-39)28-24-26-33(27-25-28)43-47-41(31-18-9-3-10-19-31)46-42(48-43)32-20-11-4-12-21-32/h1-27H. The van der Waals surface area contributed by atoms with Crippen molar-refractivity contribution in [2.24, 2.45) is 0 Å². The molecular weight excluding hydrogens is 603 g/mol. The number of furan rings is 1. The number of hydrogen-bond acceptors (Lipinski definition) is 6. The zero-order valence-electron chi connectivity index (χ0n) is 26.2. The first-order valence-electron chi connectivity index (χ1n) is 16.1. The zero-order valence-corrected chi connectivity index (χ0v) is 26.2. The van der Waals surface area contributed by atoms with Crippen LogP contribution < -0.4 is 0 Å². The summed E-state index contributed by atoms with van der Waals surface area (Å²) < 4.78 is 6.54. The van der Waals surface area contributed by atoms with Crippen LogP contribution in [-0.4, -0.2) is 24.9 Å². The predicted octanol–water partition coefficient (Wildman–Crippen LogP) is 10.6. The quantitative estimate of drug-likeness (QED) is 0.182. The minimum atomic E-state index is 0.610. The molecule has 0 saturated carbocycles. The van der Waals surface area contributed by atoms with Crippen LogP contribution in [0.25, 0.3) is 90.0 Å². The first-order chi connectivity index (χ1) is 24.3. The smallest absolute Gasteiger partial charge is 0.180 e. The van der Waals surface area contributed by atoms with Gasteiger partial charge in [-0.1, -0.05) is 158 Å². The Bertz CT molecular complexity index is 2510. The van der Waals surface area contributed by atoms with Gasteiger partial charge in [0, 0.05) is 27.8 Å². The molecule has 0 atom stereocenters. The summed E-state index contributed by atoms with van der Waals surface area (Å²) in [7, 11) is 0. The second-order valence-electron chi connectivity index (χ2n) is 11.7. The van der Waals surface area contributed by atoms with Gasteiger partial charge in [0.25, 0.3) is 0 Å². The molecule has 0 aliphatic carbocycles. The fraction of sp³-hybridized carbons (Fsp3) is 0. The topological polar surface area (TPSA) is 77.6 Å². The maximum absolute atomic E-state index is 6.54. The maximum atomic E-state index is 6.54. The first-order valence-corrected chi connectivity index (χ1v) is 16.1. The highest BCUT2D eigenvalue weighted by Crippen LogP contribution is 2.40. The average Bonchev–Trinajstić information content (AvgIpc) is 3.58. The van der Waals surface area contributed by atoms with Gasteiger partial charge in [-0.2, -0.15) is 0 Å². The molecule has 0 saturated heterocycles. The monoisotopic (exact) mass is 629 g/mol. The largest absolute Gasteiger partial charge is 0.452 e. The van der Waals surface area contributed by atoms with Gasteiger partial charge < -0.3 is 4.42 Å². The molecule has 6 aromatic carbocycles. The van der Waals surface area contributed by atoms with Crippen LogP contribution in [0.2, 0.25) is 0 Å². The molecule has 0 radical (unpaired) electrons. The van der Waals surface area contributed by atoms with Gasteiger partial charge in [-0.25, -0.2) is 24.9 Å². The highest BCUT2D eigenvalue weighted by molar-refractivity contribution is 6.13. The van der Waals surface area contributed by atoms with Crippen molar-refractivity contribution in [2.75, 3.05) is 0 Å². The van der Waals surface area contributed by atoms with Crippen molar-refractivity contribution in [1.29, 1.82) is 0 Å². The summed E-state index contributed by atoms with van der Waals surface area (Å²) in [6.45, 7) is 0. The lowest BCUT2D eigenvalue weighted by Crippen LogP contribution is -2.00. The van der Waals surface area contributed by atoms with E-state index in [0.717, 1.165) is 61.1 Å². The molecule has 3 aromatic heterocycles. The summed E-state index contributed by atoms with van der Waals surface area (Å²) in [5.74, 6) is 2.52. The molecule has 3 heterocycles. The molecule has 6 heteroatoms. The third kappa shape index (κ3) is 5.31. The van der Waals surface area contributed by atoms with Crippen LogP contribution in [0.5, 0.6) is 0 Å². The third-order valence-electron chi connectivity index (χ3n) is 8.57. The van der Waals surface area contributed by atoms with Gasteiger partial charge >= 0.3 is 0 Å². The van der Waals surface area contributed by atoms with Crippen LogP contribution >= 0.6 is 0 Å². The van der Waals surface area contributed by atoms with Gasteiger partial charge in [0.2, 0.25) is 0 Å². The van der Waals surface area contributed by atoms with Crippen molar-refractivity contribution in [2.45, 2.75) is 0 Å². The van der Waals surface area contributed by atoms with Crippen LogP contribution in [0.4, 0.5) is 0 Å². The summed E-state index contributed by atoms with van der Waals surface area (Å²) in [6, 6.07) is 54.7. The van der Waals surface area contributed by atoms with Crippen molar-refractivity contribution in [3.05, 3.63) is 164 Å². The maximum Gasteiger partial charge on any atom is 0.180 e. The Morgan fingerprint density at radius 3 is 1.27 bits per heavy atom. The predicted molar refractivity (Wildman–Crippen MR) is 195 cm³/mol. The number of hydrogen-bond donors (Lipinski definition) is 0. The van der Waals surface area contributed by atoms with Gasteiger partial charge in [0.1, 0.15) is 16.8 Å². The number of rotatable bonds is 6. The van der Waals surface area contributed by atoms with E-state index in [-0.39, 0.29) is 0 Å². The lowest BCUT2D eigenvalue weighted by atomic mass is 9.99. The minimum Gasteiger partial charge on any atom is -0.452 e. The van der Waals surface area contributed by atoms with Gasteiger partial charge in [-0.15, -0.1) is 0 Å². The Hall–Kier alpha value is -6.79.